The summed E-state index contributed by atoms with van der Waals surface area (Å²) in [4.78, 5) is 24.6. The number of carbonyl (C=O) groups is 2. The Labute approximate surface area is 272 Å². The molecule has 0 saturated carbocycles. The third-order valence-electron chi connectivity index (χ3n) is 6.46. The molecule has 0 bridgehead atoms. The number of nitrogens with one attached hydrogen (secondary N) is 3. The highest BCUT2D eigenvalue weighted by molar-refractivity contribution is 9.10. The molecule has 2 atom stereocenters. The summed E-state index contributed by atoms with van der Waals surface area (Å²) in [7, 11) is 1.26. The number of hydrogen-bond donors (Lipinski definition) is 4. The van der Waals surface area contributed by atoms with Gasteiger partial charge in [0.1, 0.15) is 19.0 Å². The largest absolute Gasteiger partial charge is 0.490 e. The molecular formula is C31H31BrClFN4O7. The maximum Gasteiger partial charge on any atom is 0.337 e. The van der Waals surface area contributed by atoms with E-state index in [-0.39, 0.29) is 29.6 Å². The summed E-state index contributed by atoms with van der Waals surface area (Å²) in [6.07, 6.45) is 0.251. The van der Waals surface area contributed by atoms with Crippen molar-refractivity contribution < 1.29 is 38.0 Å². The highest BCUT2D eigenvalue weighted by Gasteiger charge is 2.32. The van der Waals surface area contributed by atoms with Crippen molar-refractivity contribution in [2.45, 2.75) is 32.7 Å². The molecule has 11 nitrogen and oxygen atoms in total. The summed E-state index contributed by atoms with van der Waals surface area (Å²) in [6.45, 7) is 3.53. The fraction of sp³-hybridized carbons (Fsp3) is 0.258. The van der Waals surface area contributed by atoms with Gasteiger partial charge in [-0.25, -0.2) is 14.0 Å². The maximum absolute atomic E-state index is 13.9. The van der Waals surface area contributed by atoms with Gasteiger partial charge in [0.15, 0.2) is 23.5 Å². The lowest BCUT2D eigenvalue weighted by Gasteiger charge is -2.28. The van der Waals surface area contributed by atoms with Gasteiger partial charge < -0.3 is 34.7 Å². The maximum atomic E-state index is 13.9. The van der Waals surface area contributed by atoms with E-state index in [1.54, 1.807) is 62.4 Å². The van der Waals surface area contributed by atoms with Crippen molar-refractivity contribution in [1.29, 1.82) is 0 Å². The number of methoxy groups -OCH3 is 1. The Morgan fingerprint density at radius 1 is 1.18 bits per heavy atom. The molecule has 0 aromatic heterocycles. The molecule has 4 rings (SSSR count). The van der Waals surface area contributed by atoms with E-state index < -0.39 is 24.3 Å². The molecule has 3 aromatic carbocycles. The standard InChI is InChI=1S/C31H31BrClFN4O7/c1-4-43-25-13-19(28-27(30(40)42-3)17(2)36-31(41)37-28)9-10-24(25)44-16-26(39)38-35-14-18-11-21(32)29(22(33)12-18)45-15-20-7-5-6-8-23(20)34/h5-14,26,28,38-39H,4,15-16H2,1-3H3,(H2,36,37,41)/b35-14-/t26-,28+/m1/s1. The van der Waals surface area contributed by atoms with Crippen LogP contribution in [0.1, 0.15) is 36.6 Å². The second kappa shape index (κ2) is 15.6. The number of benzene rings is 3. The van der Waals surface area contributed by atoms with Crippen LogP contribution in [0.15, 0.2) is 75.4 Å². The number of carbonyl (C=O) groups excluding carboxylic acids is 2. The molecule has 4 N–H and O–H groups in total. The van der Waals surface area contributed by atoms with Crippen LogP contribution in [-0.2, 0) is 16.1 Å². The fourth-order valence-corrected chi connectivity index (χ4v) is 5.37. The van der Waals surface area contributed by atoms with Gasteiger partial charge in [-0.1, -0.05) is 35.9 Å². The Morgan fingerprint density at radius 2 is 1.96 bits per heavy atom. The smallest absolute Gasteiger partial charge is 0.337 e. The molecule has 0 aliphatic carbocycles. The van der Waals surface area contributed by atoms with Gasteiger partial charge in [0.25, 0.3) is 0 Å². The molecule has 0 saturated heterocycles. The minimum absolute atomic E-state index is 0.000211. The van der Waals surface area contributed by atoms with Crippen molar-refractivity contribution >= 4 is 45.7 Å². The van der Waals surface area contributed by atoms with Crippen molar-refractivity contribution in [2.24, 2.45) is 5.10 Å². The Kier molecular flexibility index (Phi) is 11.6. The highest BCUT2D eigenvalue weighted by Crippen LogP contribution is 2.36. The van der Waals surface area contributed by atoms with Crippen LogP contribution in [0.5, 0.6) is 17.2 Å². The second-order valence-corrected chi connectivity index (χ2v) is 10.9. The summed E-state index contributed by atoms with van der Waals surface area (Å²) in [5.41, 5.74) is 4.76. The fourth-order valence-electron chi connectivity index (χ4n) is 4.38. The van der Waals surface area contributed by atoms with E-state index >= 15 is 0 Å². The third kappa shape index (κ3) is 8.65. The first-order valence-electron chi connectivity index (χ1n) is 13.7. The second-order valence-electron chi connectivity index (χ2n) is 9.61. The number of rotatable bonds is 13. The van der Waals surface area contributed by atoms with Gasteiger partial charge in [0.2, 0.25) is 0 Å². The number of hydrazone groups is 1. The van der Waals surface area contributed by atoms with E-state index in [0.29, 0.717) is 50.7 Å². The van der Waals surface area contributed by atoms with Crippen LogP contribution < -0.4 is 30.3 Å². The van der Waals surface area contributed by atoms with E-state index in [4.69, 9.17) is 30.5 Å². The van der Waals surface area contributed by atoms with Crippen LogP contribution in [0.4, 0.5) is 9.18 Å². The molecule has 45 heavy (non-hydrogen) atoms. The molecule has 1 aliphatic heterocycles. The predicted molar refractivity (Wildman–Crippen MR) is 169 cm³/mol. The minimum Gasteiger partial charge on any atom is -0.490 e. The molecular weight excluding hydrogens is 675 g/mol. The van der Waals surface area contributed by atoms with Crippen molar-refractivity contribution in [3.8, 4) is 17.2 Å². The number of nitrogens with zero attached hydrogens (tertiary/aromatic N) is 1. The first-order valence-corrected chi connectivity index (χ1v) is 14.9. The SMILES string of the molecule is CCOc1cc([C@@H]2NC(=O)NC(C)=C2C(=O)OC)ccc1OC[C@@H](O)N/N=C\c1cc(Cl)c(OCc2ccccc2F)c(Br)c1. The van der Waals surface area contributed by atoms with E-state index in [1.807, 2.05) is 0 Å². The number of allylic oxidation sites excluding steroid dienone is 1. The zero-order valence-corrected chi connectivity index (χ0v) is 26.9. The Bertz CT molecular complexity index is 1600. The van der Waals surface area contributed by atoms with Gasteiger partial charge in [-0.2, -0.15) is 5.10 Å². The number of halogens is 3. The summed E-state index contributed by atoms with van der Waals surface area (Å²) in [5.74, 6) is 0.0634. The number of aliphatic hydroxyl groups excluding tert-OH is 1. The molecule has 0 fully saturated rings. The van der Waals surface area contributed by atoms with E-state index in [2.05, 4.69) is 37.1 Å². The first-order chi connectivity index (χ1) is 21.6. The molecule has 238 valence electrons. The Balaban J connectivity index is 1.37. The van der Waals surface area contributed by atoms with Crippen molar-refractivity contribution in [3.05, 3.63) is 97.9 Å². The van der Waals surface area contributed by atoms with Crippen LogP contribution in [-0.4, -0.2) is 49.9 Å². The number of amides is 2. The number of urea groups is 1. The molecule has 3 aromatic rings. The lowest BCUT2D eigenvalue weighted by atomic mass is 9.95. The highest BCUT2D eigenvalue weighted by atomic mass is 79.9. The summed E-state index contributed by atoms with van der Waals surface area (Å²) >= 11 is 9.80. The average Bonchev–Trinajstić information content (AvgIpc) is 3.00. The molecule has 1 aliphatic rings. The van der Waals surface area contributed by atoms with Crippen molar-refractivity contribution in [2.75, 3.05) is 20.3 Å². The third-order valence-corrected chi connectivity index (χ3v) is 7.33. The average molecular weight is 706 g/mol. The van der Waals surface area contributed by atoms with E-state index in [1.165, 1.54) is 19.4 Å². The molecule has 0 radical (unpaired) electrons. The van der Waals surface area contributed by atoms with Crippen molar-refractivity contribution in [3.63, 3.8) is 0 Å². The molecule has 1 heterocycles. The van der Waals surface area contributed by atoms with Gasteiger partial charge in [-0.05, 0) is 71.2 Å². The van der Waals surface area contributed by atoms with Crippen LogP contribution in [0, 0.1) is 5.82 Å². The van der Waals surface area contributed by atoms with Gasteiger partial charge in [0, 0.05) is 11.3 Å². The topological polar surface area (TPSA) is 140 Å². The summed E-state index contributed by atoms with van der Waals surface area (Å²) in [6, 6.07) is 13.3. The molecule has 0 unspecified atom stereocenters. The van der Waals surface area contributed by atoms with Crippen molar-refractivity contribution in [1.82, 2.24) is 16.1 Å². The van der Waals surface area contributed by atoms with E-state index in [9.17, 15) is 19.1 Å². The van der Waals surface area contributed by atoms with Crippen LogP contribution in [0.25, 0.3) is 0 Å². The predicted octanol–water partition coefficient (Wildman–Crippen LogP) is 5.34. The van der Waals surface area contributed by atoms with Crippen LogP contribution >= 0.6 is 27.5 Å². The van der Waals surface area contributed by atoms with Crippen LogP contribution in [0.2, 0.25) is 5.02 Å². The molecule has 0 spiro atoms. The number of esters is 1. The Hall–Kier alpha value is -4.33. The monoisotopic (exact) mass is 704 g/mol. The lowest BCUT2D eigenvalue weighted by Crippen LogP contribution is -2.45. The first kappa shape index (κ1) is 33.6. The number of ether oxygens (including phenoxy) is 4. The number of aliphatic hydroxyl groups is 1. The van der Waals surface area contributed by atoms with Gasteiger partial charge in [-0.15, -0.1) is 0 Å². The Morgan fingerprint density at radius 3 is 2.67 bits per heavy atom. The van der Waals surface area contributed by atoms with Crippen LogP contribution in [0.3, 0.4) is 0 Å². The minimum atomic E-state index is -1.20. The molecule has 14 heteroatoms. The van der Waals surface area contributed by atoms with E-state index in [0.717, 1.165) is 0 Å². The van der Waals surface area contributed by atoms with Gasteiger partial charge >= 0.3 is 12.0 Å². The van der Waals surface area contributed by atoms with Gasteiger partial charge in [0.05, 0.1) is 41.0 Å². The van der Waals surface area contributed by atoms with Gasteiger partial charge in [-0.3, -0.25) is 5.43 Å². The normalized spacial score (nSPS) is 15.3. The zero-order chi connectivity index (χ0) is 32.5. The number of hydrogen-bond acceptors (Lipinski definition) is 9. The molecule has 2 amide bonds. The summed E-state index contributed by atoms with van der Waals surface area (Å²) in [5, 5.41) is 20.1. The lowest BCUT2D eigenvalue weighted by molar-refractivity contribution is -0.136. The summed E-state index contributed by atoms with van der Waals surface area (Å²) < 4.78 is 36.6. The zero-order valence-electron chi connectivity index (χ0n) is 24.5. The quantitative estimate of drug-likeness (QED) is 0.0809.